The lowest BCUT2D eigenvalue weighted by Gasteiger charge is -2.18. The van der Waals surface area contributed by atoms with Crippen molar-refractivity contribution in [1.29, 1.82) is 0 Å². The first-order valence-electron chi connectivity index (χ1n) is 4.03. The maximum atomic E-state index is 11.7. The Hall–Kier alpha value is -0.870. The van der Waals surface area contributed by atoms with Crippen LogP contribution in [0.15, 0.2) is 29.2 Å². The molecule has 0 N–H and O–H groups in total. The Kier molecular flexibility index (Phi) is 2.12. The van der Waals surface area contributed by atoms with E-state index in [2.05, 4.69) is 0 Å². The zero-order valence-electron chi connectivity index (χ0n) is 7.10. The number of alkyl halides is 1. The van der Waals surface area contributed by atoms with Crippen LogP contribution in [0.3, 0.4) is 0 Å². The standard InChI is InChI=1S/C9H7ClO3S/c10-9-5-7(11)6-3-1-2-4-8(6)14(9,12)13/h1-4,9H,5H2. The summed E-state index contributed by atoms with van der Waals surface area (Å²) in [4.78, 5) is 11.5. The highest BCUT2D eigenvalue weighted by molar-refractivity contribution is 7.93. The van der Waals surface area contributed by atoms with Crippen molar-refractivity contribution < 1.29 is 13.2 Å². The van der Waals surface area contributed by atoms with Gasteiger partial charge in [0.25, 0.3) is 0 Å². The Morgan fingerprint density at radius 2 is 1.93 bits per heavy atom. The fourth-order valence-corrected chi connectivity index (χ4v) is 3.28. The van der Waals surface area contributed by atoms with Crippen LogP contribution in [0, 0.1) is 0 Å². The minimum Gasteiger partial charge on any atom is -0.294 e. The van der Waals surface area contributed by atoms with E-state index in [1.165, 1.54) is 12.1 Å². The van der Waals surface area contributed by atoms with Gasteiger partial charge in [0.2, 0.25) is 0 Å². The van der Waals surface area contributed by atoms with E-state index in [4.69, 9.17) is 11.6 Å². The summed E-state index contributed by atoms with van der Waals surface area (Å²) in [7, 11) is -3.51. The van der Waals surface area contributed by atoms with E-state index in [0.717, 1.165) is 0 Å². The molecule has 1 aromatic carbocycles. The number of Topliss-reactive ketones (excluding diaryl/α,β-unsaturated/α-hetero) is 1. The van der Waals surface area contributed by atoms with Crippen molar-refractivity contribution in [3.05, 3.63) is 29.8 Å². The van der Waals surface area contributed by atoms with Crippen molar-refractivity contribution in [2.24, 2.45) is 0 Å². The Morgan fingerprint density at radius 3 is 2.64 bits per heavy atom. The Balaban J connectivity index is 2.76. The van der Waals surface area contributed by atoms with Gasteiger partial charge in [-0.25, -0.2) is 8.42 Å². The largest absolute Gasteiger partial charge is 0.294 e. The van der Waals surface area contributed by atoms with E-state index in [1.54, 1.807) is 12.1 Å². The van der Waals surface area contributed by atoms with Gasteiger partial charge in [-0.3, -0.25) is 4.79 Å². The number of hydrogen-bond donors (Lipinski definition) is 0. The molecule has 1 aromatic rings. The molecule has 3 nitrogen and oxygen atoms in total. The van der Waals surface area contributed by atoms with Crippen LogP contribution in [-0.2, 0) is 9.84 Å². The van der Waals surface area contributed by atoms with E-state index in [1.807, 2.05) is 0 Å². The van der Waals surface area contributed by atoms with Gasteiger partial charge in [-0.05, 0) is 6.07 Å². The predicted molar refractivity (Wildman–Crippen MR) is 52.2 cm³/mol. The number of fused-ring (bicyclic) bond motifs is 1. The summed E-state index contributed by atoms with van der Waals surface area (Å²) in [5.41, 5.74) is 0.254. The summed E-state index contributed by atoms with van der Waals surface area (Å²) < 4.78 is 22.2. The summed E-state index contributed by atoms with van der Waals surface area (Å²) in [6.07, 6.45) is -0.138. The minimum absolute atomic E-state index is 0.0521. The molecule has 0 radical (unpaired) electrons. The quantitative estimate of drug-likeness (QED) is 0.637. The number of ketones is 1. The number of carbonyl (C=O) groups is 1. The third-order valence-corrected chi connectivity index (χ3v) is 4.84. The molecule has 1 atom stereocenters. The monoisotopic (exact) mass is 230 g/mol. The van der Waals surface area contributed by atoms with Crippen LogP contribution in [-0.4, -0.2) is 18.9 Å². The molecule has 2 rings (SSSR count). The normalized spacial score (nSPS) is 24.4. The molecule has 74 valence electrons. The number of hydrogen-bond acceptors (Lipinski definition) is 3. The van der Waals surface area contributed by atoms with Crippen molar-refractivity contribution in [2.75, 3.05) is 0 Å². The lowest BCUT2D eigenvalue weighted by Crippen LogP contribution is -2.27. The maximum absolute atomic E-state index is 11.7. The summed E-state index contributed by atoms with van der Waals surface area (Å²) in [6.45, 7) is 0. The SMILES string of the molecule is O=C1CC(Cl)S(=O)(=O)c2ccccc21. The third kappa shape index (κ3) is 1.26. The summed E-state index contributed by atoms with van der Waals surface area (Å²) in [5.74, 6) is -0.213. The molecule has 5 heteroatoms. The second-order valence-corrected chi connectivity index (χ2v) is 5.96. The van der Waals surface area contributed by atoms with Gasteiger partial charge in [0, 0.05) is 12.0 Å². The molecule has 14 heavy (non-hydrogen) atoms. The van der Waals surface area contributed by atoms with E-state index in [-0.39, 0.29) is 22.7 Å². The van der Waals surface area contributed by atoms with Gasteiger partial charge >= 0.3 is 0 Å². The first kappa shape index (κ1) is 9.68. The molecular formula is C9H7ClO3S. The molecule has 0 aliphatic carbocycles. The Morgan fingerprint density at radius 1 is 1.29 bits per heavy atom. The van der Waals surface area contributed by atoms with Crippen LogP contribution in [0.2, 0.25) is 0 Å². The molecule has 0 bridgehead atoms. The first-order chi connectivity index (χ1) is 6.53. The average molecular weight is 231 g/mol. The predicted octanol–water partition coefficient (Wildman–Crippen LogP) is 1.61. The highest BCUT2D eigenvalue weighted by Gasteiger charge is 2.36. The van der Waals surface area contributed by atoms with Gasteiger partial charge in [-0.15, -0.1) is 11.6 Å². The highest BCUT2D eigenvalue weighted by Crippen LogP contribution is 2.31. The minimum atomic E-state index is -3.51. The average Bonchev–Trinajstić information content (AvgIpc) is 2.16. The second-order valence-electron chi connectivity index (χ2n) is 3.08. The maximum Gasteiger partial charge on any atom is 0.196 e. The Bertz CT molecular complexity index is 493. The van der Waals surface area contributed by atoms with E-state index in [9.17, 15) is 13.2 Å². The molecule has 0 saturated carbocycles. The lowest BCUT2D eigenvalue weighted by atomic mass is 10.1. The van der Waals surface area contributed by atoms with Crippen molar-refractivity contribution in [1.82, 2.24) is 0 Å². The van der Waals surface area contributed by atoms with Gasteiger partial charge in [0.1, 0.15) is 4.71 Å². The smallest absolute Gasteiger partial charge is 0.196 e. The van der Waals surface area contributed by atoms with Crippen LogP contribution in [0.25, 0.3) is 0 Å². The van der Waals surface area contributed by atoms with Crippen molar-refractivity contribution >= 4 is 27.2 Å². The first-order valence-corrected chi connectivity index (χ1v) is 6.02. The van der Waals surface area contributed by atoms with Crippen LogP contribution in [0.5, 0.6) is 0 Å². The molecule has 0 amide bonds. The van der Waals surface area contributed by atoms with E-state index in [0.29, 0.717) is 0 Å². The van der Waals surface area contributed by atoms with Crippen LogP contribution in [0.4, 0.5) is 0 Å². The highest BCUT2D eigenvalue weighted by atomic mass is 35.5. The van der Waals surface area contributed by atoms with Gasteiger partial charge in [0.05, 0.1) is 4.90 Å². The number of benzene rings is 1. The molecular weight excluding hydrogens is 224 g/mol. The zero-order valence-corrected chi connectivity index (χ0v) is 8.68. The molecule has 1 aliphatic rings. The van der Waals surface area contributed by atoms with E-state index < -0.39 is 14.5 Å². The number of sulfone groups is 1. The van der Waals surface area contributed by atoms with E-state index >= 15 is 0 Å². The van der Waals surface area contributed by atoms with Crippen LogP contribution >= 0.6 is 11.6 Å². The van der Waals surface area contributed by atoms with Crippen LogP contribution < -0.4 is 0 Å². The molecule has 0 spiro atoms. The molecule has 1 heterocycles. The number of halogens is 1. The molecule has 0 aromatic heterocycles. The van der Waals surface area contributed by atoms with Gasteiger partial charge in [-0.2, -0.15) is 0 Å². The fraction of sp³-hybridized carbons (Fsp3) is 0.222. The van der Waals surface area contributed by atoms with Crippen molar-refractivity contribution in [3.8, 4) is 0 Å². The second kappa shape index (κ2) is 3.07. The van der Waals surface area contributed by atoms with Gasteiger partial charge in [-0.1, -0.05) is 18.2 Å². The van der Waals surface area contributed by atoms with Gasteiger partial charge < -0.3 is 0 Å². The summed E-state index contributed by atoms with van der Waals surface area (Å²) in [6, 6.07) is 6.15. The van der Waals surface area contributed by atoms with Gasteiger partial charge in [0.15, 0.2) is 15.6 Å². The molecule has 0 fully saturated rings. The summed E-state index contributed by atoms with van der Waals surface area (Å²) >= 11 is 5.62. The number of carbonyl (C=O) groups excluding carboxylic acids is 1. The summed E-state index contributed by atoms with van der Waals surface area (Å²) in [5, 5.41) is 0. The van der Waals surface area contributed by atoms with Crippen LogP contribution in [0.1, 0.15) is 16.8 Å². The topological polar surface area (TPSA) is 51.2 Å². The van der Waals surface area contributed by atoms with Crippen molar-refractivity contribution in [3.63, 3.8) is 0 Å². The zero-order chi connectivity index (χ0) is 10.3. The lowest BCUT2D eigenvalue weighted by molar-refractivity contribution is 0.0980. The van der Waals surface area contributed by atoms with Crippen molar-refractivity contribution in [2.45, 2.75) is 16.0 Å². The Labute approximate surface area is 86.6 Å². The third-order valence-electron chi connectivity index (χ3n) is 2.18. The molecule has 1 unspecified atom stereocenters. The molecule has 1 aliphatic heterocycles. The number of rotatable bonds is 0. The molecule has 0 saturated heterocycles. The fourth-order valence-electron chi connectivity index (χ4n) is 1.45.